The van der Waals surface area contributed by atoms with Crippen LogP contribution in [0.5, 0.6) is 5.75 Å². The molecule has 0 spiro atoms. The van der Waals surface area contributed by atoms with Gasteiger partial charge in [0.05, 0.1) is 33.7 Å². The molecular formula is C26H25ClN6O4S. The summed E-state index contributed by atoms with van der Waals surface area (Å²) in [5, 5.41) is 3.46. The van der Waals surface area contributed by atoms with Gasteiger partial charge >= 0.3 is 0 Å². The molecule has 0 aliphatic carbocycles. The van der Waals surface area contributed by atoms with Crippen LogP contribution in [0.3, 0.4) is 0 Å². The number of sulfonamides is 1. The molecule has 1 aliphatic rings. The van der Waals surface area contributed by atoms with Crippen LogP contribution in [-0.2, 0) is 14.8 Å². The summed E-state index contributed by atoms with van der Waals surface area (Å²) in [6.07, 6.45) is 0.955. The van der Waals surface area contributed by atoms with Crippen molar-refractivity contribution >= 4 is 55.9 Å². The van der Waals surface area contributed by atoms with Crippen LogP contribution in [0, 0.1) is 0 Å². The Balaban J connectivity index is 1.53. The van der Waals surface area contributed by atoms with E-state index >= 15 is 0 Å². The van der Waals surface area contributed by atoms with E-state index in [1.165, 1.54) is 19.2 Å². The normalized spacial score (nSPS) is 14.5. The lowest BCUT2D eigenvalue weighted by molar-refractivity contribution is -0.125. The zero-order valence-corrected chi connectivity index (χ0v) is 22.0. The predicted octanol–water partition coefficient (Wildman–Crippen LogP) is 4.07. The summed E-state index contributed by atoms with van der Waals surface area (Å²) >= 11 is 6.37. The van der Waals surface area contributed by atoms with Crippen LogP contribution in [-0.4, -0.2) is 49.4 Å². The van der Waals surface area contributed by atoms with Gasteiger partial charge in [0.1, 0.15) is 11.8 Å². The quantitative estimate of drug-likeness (QED) is 0.282. The molecule has 0 saturated carbocycles. The van der Waals surface area contributed by atoms with Crippen LogP contribution >= 0.6 is 11.6 Å². The van der Waals surface area contributed by atoms with Gasteiger partial charge < -0.3 is 15.8 Å². The molecule has 5 rings (SSSR count). The second-order valence-electron chi connectivity index (χ2n) is 8.75. The summed E-state index contributed by atoms with van der Waals surface area (Å²) in [5.41, 5.74) is 7.66. The van der Waals surface area contributed by atoms with E-state index in [-0.39, 0.29) is 16.5 Å². The van der Waals surface area contributed by atoms with E-state index in [4.69, 9.17) is 22.1 Å². The number of hydrogen-bond donors (Lipinski definition) is 3. The number of nitrogens with one attached hydrogen (secondary N) is 2. The maximum Gasteiger partial charge on any atom is 0.263 e. The largest absolute Gasteiger partial charge is 0.497 e. The van der Waals surface area contributed by atoms with E-state index in [0.717, 1.165) is 19.5 Å². The number of aromatic nitrogens is 2. The summed E-state index contributed by atoms with van der Waals surface area (Å²) in [4.78, 5) is 23.2. The van der Waals surface area contributed by atoms with Crippen molar-refractivity contribution in [2.45, 2.75) is 17.4 Å². The van der Waals surface area contributed by atoms with E-state index in [1.54, 1.807) is 48.5 Å². The number of likely N-dealkylation sites (tertiary alicyclic amines) is 1. The van der Waals surface area contributed by atoms with Crippen LogP contribution < -0.4 is 20.5 Å². The number of benzene rings is 3. The van der Waals surface area contributed by atoms with Crippen LogP contribution in [0.15, 0.2) is 71.6 Å². The summed E-state index contributed by atoms with van der Waals surface area (Å²) in [6, 6.07) is 17.6. The summed E-state index contributed by atoms with van der Waals surface area (Å²) in [5.74, 6) is 0.140. The molecule has 4 aromatic rings. The molecule has 3 aromatic carbocycles. The van der Waals surface area contributed by atoms with Crippen molar-refractivity contribution in [3.63, 3.8) is 0 Å². The zero-order valence-electron chi connectivity index (χ0n) is 20.4. The molecule has 2 heterocycles. The highest BCUT2D eigenvalue weighted by molar-refractivity contribution is 7.92. The Morgan fingerprint density at radius 1 is 1.03 bits per heavy atom. The summed E-state index contributed by atoms with van der Waals surface area (Å²) < 4.78 is 34.9. The van der Waals surface area contributed by atoms with Crippen molar-refractivity contribution in [2.24, 2.45) is 5.73 Å². The summed E-state index contributed by atoms with van der Waals surface area (Å²) in [6.45, 7) is 1.44. The number of nitrogens with two attached hydrogens (primary N) is 1. The fourth-order valence-corrected chi connectivity index (χ4v) is 5.43. The monoisotopic (exact) mass is 552 g/mol. The van der Waals surface area contributed by atoms with Crippen molar-refractivity contribution in [1.29, 1.82) is 0 Å². The number of carbonyl (C=O) groups excluding carboxylic acids is 1. The van der Waals surface area contributed by atoms with Gasteiger partial charge in [0.2, 0.25) is 5.91 Å². The molecule has 0 bridgehead atoms. The number of ether oxygens (including phenoxy) is 1. The minimum Gasteiger partial charge on any atom is -0.497 e. The van der Waals surface area contributed by atoms with E-state index in [0.29, 0.717) is 33.1 Å². The van der Waals surface area contributed by atoms with Crippen molar-refractivity contribution in [1.82, 2.24) is 14.9 Å². The second kappa shape index (κ2) is 10.4. The number of halogens is 1. The van der Waals surface area contributed by atoms with Crippen LogP contribution in [0.1, 0.15) is 18.0 Å². The molecule has 1 fully saturated rings. The lowest BCUT2D eigenvalue weighted by atomic mass is 10.0. The molecule has 1 aromatic heterocycles. The van der Waals surface area contributed by atoms with E-state index in [1.807, 2.05) is 11.0 Å². The number of para-hydroxylation sites is 2. The standard InChI is InChI=1S/C26H25ClN6O4S/c1-37-17-10-11-19(27)22(15-17)31-25-26(30-21-9-3-2-8-20(21)29-25)32-38(35,36)18-7-4-6-16(14-18)23(24(28)34)33-12-5-13-33/h2-4,6-11,14-15,23H,5,12-13H2,1H3,(H2,28,34)(H,29,31)(H,30,32). The third kappa shape index (κ3) is 5.21. The second-order valence-corrected chi connectivity index (χ2v) is 10.8. The number of fused-ring (bicyclic) bond motifs is 1. The Morgan fingerprint density at radius 3 is 2.37 bits per heavy atom. The Morgan fingerprint density at radius 2 is 1.74 bits per heavy atom. The lowest BCUT2D eigenvalue weighted by Crippen LogP contribution is -2.45. The fraction of sp³-hybridized carbons (Fsp3) is 0.192. The van der Waals surface area contributed by atoms with Gasteiger partial charge in [-0.05, 0) is 48.4 Å². The molecule has 1 aliphatic heterocycles. The highest BCUT2D eigenvalue weighted by Gasteiger charge is 2.31. The van der Waals surface area contributed by atoms with Crippen LogP contribution in [0.2, 0.25) is 5.02 Å². The molecular weight excluding hydrogens is 528 g/mol. The minimum absolute atomic E-state index is 0.0258. The number of amides is 1. The topological polar surface area (TPSA) is 140 Å². The Labute approximate surface area is 224 Å². The molecule has 10 nitrogen and oxygen atoms in total. The van der Waals surface area contributed by atoms with Crippen molar-refractivity contribution in [2.75, 3.05) is 30.2 Å². The molecule has 1 saturated heterocycles. The van der Waals surface area contributed by atoms with Gasteiger partial charge in [0.25, 0.3) is 10.0 Å². The SMILES string of the molecule is COc1ccc(Cl)c(Nc2nc3ccccc3nc2NS(=O)(=O)c2cccc(C(C(N)=O)N3CCC3)c2)c1. The number of carbonyl (C=O) groups is 1. The number of methoxy groups -OCH3 is 1. The zero-order chi connectivity index (χ0) is 26.9. The number of rotatable bonds is 9. The van der Waals surface area contributed by atoms with E-state index < -0.39 is 22.0 Å². The first-order valence-corrected chi connectivity index (χ1v) is 13.6. The molecule has 38 heavy (non-hydrogen) atoms. The highest BCUT2D eigenvalue weighted by atomic mass is 35.5. The molecule has 1 amide bonds. The Bertz CT molecular complexity index is 1630. The van der Waals surface area contributed by atoms with Gasteiger partial charge in [-0.15, -0.1) is 0 Å². The average molecular weight is 553 g/mol. The first-order valence-electron chi connectivity index (χ1n) is 11.8. The van der Waals surface area contributed by atoms with Crippen molar-refractivity contribution < 1.29 is 17.9 Å². The molecule has 1 atom stereocenters. The smallest absolute Gasteiger partial charge is 0.263 e. The number of nitrogens with zero attached hydrogens (tertiary/aromatic N) is 3. The van der Waals surface area contributed by atoms with Gasteiger partial charge in [0.15, 0.2) is 11.6 Å². The Hall–Kier alpha value is -3.93. The van der Waals surface area contributed by atoms with Gasteiger partial charge in [-0.1, -0.05) is 35.9 Å². The third-order valence-electron chi connectivity index (χ3n) is 6.24. The molecule has 196 valence electrons. The number of hydrogen-bond acceptors (Lipinski definition) is 8. The average Bonchev–Trinajstić information content (AvgIpc) is 2.87. The maximum absolute atomic E-state index is 13.5. The van der Waals surface area contributed by atoms with Gasteiger partial charge in [-0.3, -0.25) is 14.4 Å². The molecule has 12 heteroatoms. The van der Waals surface area contributed by atoms with Gasteiger partial charge in [0, 0.05) is 19.2 Å². The third-order valence-corrected chi connectivity index (χ3v) is 7.90. The van der Waals surface area contributed by atoms with Crippen molar-refractivity contribution in [3.8, 4) is 5.75 Å². The van der Waals surface area contributed by atoms with E-state index in [2.05, 4.69) is 20.0 Å². The van der Waals surface area contributed by atoms with Gasteiger partial charge in [-0.2, -0.15) is 0 Å². The first-order chi connectivity index (χ1) is 18.2. The number of anilines is 3. The molecule has 4 N–H and O–H groups in total. The first kappa shape index (κ1) is 25.7. The predicted molar refractivity (Wildman–Crippen MR) is 146 cm³/mol. The fourth-order valence-electron chi connectivity index (χ4n) is 4.20. The van der Waals surface area contributed by atoms with Crippen molar-refractivity contribution in [3.05, 3.63) is 77.3 Å². The van der Waals surface area contributed by atoms with Gasteiger partial charge in [-0.25, -0.2) is 18.4 Å². The molecule has 1 unspecified atom stereocenters. The molecule has 0 radical (unpaired) electrons. The highest BCUT2D eigenvalue weighted by Crippen LogP contribution is 2.33. The number of primary amides is 1. The Kier molecular flexibility index (Phi) is 7.06. The lowest BCUT2D eigenvalue weighted by Gasteiger charge is -2.36. The maximum atomic E-state index is 13.5. The van der Waals surface area contributed by atoms with E-state index in [9.17, 15) is 13.2 Å². The summed E-state index contributed by atoms with van der Waals surface area (Å²) in [7, 11) is -2.61. The minimum atomic E-state index is -4.14. The van der Waals surface area contributed by atoms with Crippen LogP contribution in [0.25, 0.3) is 11.0 Å². The van der Waals surface area contributed by atoms with Crippen LogP contribution in [0.4, 0.5) is 17.3 Å².